The van der Waals surface area contributed by atoms with E-state index < -0.39 is 11.7 Å². The van der Waals surface area contributed by atoms with Crippen molar-refractivity contribution in [2.75, 3.05) is 5.32 Å². The number of hydrogen-bond donors (Lipinski definition) is 1. The quantitative estimate of drug-likeness (QED) is 0.714. The number of anilines is 1. The molecule has 0 spiro atoms. The molecule has 1 amide bonds. The van der Waals surface area contributed by atoms with Gasteiger partial charge in [-0.15, -0.1) is 0 Å². The van der Waals surface area contributed by atoms with Crippen LogP contribution in [0.15, 0.2) is 12.1 Å². The summed E-state index contributed by atoms with van der Waals surface area (Å²) in [5.74, 6) is -1.27. The van der Waals surface area contributed by atoms with Gasteiger partial charge in [-0.1, -0.05) is 37.0 Å². The highest BCUT2D eigenvalue weighted by Crippen LogP contribution is 2.33. The number of amides is 1. The second-order valence-electron chi connectivity index (χ2n) is 2.59. The fourth-order valence-electron chi connectivity index (χ4n) is 1.17. The lowest BCUT2D eigenvalue weighted by atomic mass is 10.1. The van der Waals surface area contributed by atoms with Crippen LogP contribution in [0.2, 0.25) is 10.0 Å². The van der Waals surface area contributed by atoms with Crippen molar-refractivity contribution in [3.63, 3.8) is 0 Å². The van der Waals surface area contributed by atoms with Gasteiger partial charge in [0.25, 0.3) is 11.7 Å². The zero-order valence-electron chi connectivity index (χ0n) is 8.23. The summed E-state index contributed by atoms with van der Waals surface area (Å²) in [4.78, 5) is 22.1. The molecule has 2 rings (SSSR count). The Balaban J connectivity index is 0.000000531. The van der Waals surface area contributed by atoms with Gasteiger partial charge in [-0.25, -0.2) is 0 Å². The van der Waals surface area contributed by atoms with E-state index in [1.807, 2.05) is 13.8 Å². The summed E-state index contributed by atoms with van der Waals surface area (Å²) >= 11 is 11.4. The molecule has 3 nitrogen and oxygen atoms in total. The molecule has 1 aromatic rings. The molecule has 0 bridgehead atoms. The Morgan fingerprint density at radius 3 is 2.33 bits per heavy atom. The van der Waals surface area contributed by atoms with Crippen molar-refractivity contribution in [1.82, 2.24) is 0 Å². The highest BCUT2D eigenvalue weighted by atomic mass is 35.5. The number of halogens is 2. The van der Waals surface area contributed by atoms with Crippen molar-refractivity contribution in [2.45, 2.75) is 13.8 Å². The fraction of sp³-hybridized carbons (Fsp3) is 0.200. The molecular weight excluding hydrogens is 237 g/mol. The SMILES string of the molecule is CC.O=C1Nc2c(Cl)cc(Cl)cc2C1=O. The number of Topliss-reactive ketones (excluding diaryl/α,β-unsaturated/α-hetero) is 1. The van der Waals surface area contributed by atoms with Gasteiger partial charge in [0.05, 0.1) is 16.3 Å². The van der Waals surface area contributed by atoms with Crippen molar-refractivity contribution in [3.8, 4) is 0 Å². The van der Waals surface area contributed by atoms with E-state index in [4.69, 9.17) is 23.2 Å². The minimum Gasteiger partial charge on any atom is -0.317 e. The standard InChI is InChI=1S/C8H3Cl2NO2.C2H6/c9-3-1-4-6(5(10)2-3)11-8(13)7(4)12;1-2/h1-2H,(H,11,12,13);1-2H3. The smallest absolute Gasteiger partial charge is 0.296 e. The summed E-state index contributed by atoms with van der Waals surface area (Å²) in [5.41, 5.74) is 0.587. The first-order chi connectivity index (χ1) is 7.09. The molecule has 0 unspecified atom stereocenters. The lowest BCUT2D eigenvalue weighted by Crippen LogP contribution is -2.12. The topological polar surface area (TPSA) is 46.2 Å². The zero-order valence-corrected chi connectivity index (χ0v) is 9.74. The summed E-state index contributed by atoms with van der Waals surface area (Å²) in [6.07, 6.45) is 0. The van der Waals surface area contributed by atoms with E-state index in [0.29, 0.717) is 10.7 Å². The van der Waals surface area contributed by atoms with Crippen molar-refractivity contribution in [2.24, 2.45) is 0 Å². The molecule has 1 aliphatic rings. The van der Waals surface area contributed by atoms with Gasteiger partial charge in [0, 0.05) is 5.02 Å². The molecule has 0 radical (unpaired) electrons. The van der Waals surface area contributed by atoms with Crippen molar-refractivity contribution in [1.29, 1.82) is 0 Å². The fourth-order valence-corrected chi connectivity index (χ4v) is 1.71. The van der Waals surface area contributed by atoms with Gasteiger partial charge in [0.1, 0.15) is 0 Å². The molecule has 0 fully saturated rings. The molecule has 0 saturated heterocycles. The van der Waals surface area contributed by atoms with Gasteiger partial charge in [-0.05, 0) is 12.1 Å². The van der Waals surface area contributed by atoms with E-state index in [1.54, 1.807) is 0 Å². The van der Waals surface area contributed by atoms with Gasteiger partial charge < -0.3 is 5.32 Å². The van der Waals surface area contributed by atoms with E-state index in [0.717, 1.165) is 0 Å². The van der Waals surface area contributed by atoms with Crippen molar-refractivity contribution >= 4 is 40.6 Å². The number of fused-ring (bicyclic) bond motifs is 1. The maximum Gasteiger partial charge on any atom is 0.296 e. The lowest BCUT2D eigenvalue weighted by Gasteiger charge is -1.99. The lowest BCUT2D eigenvalue weighted by molar-refractivity contribution is -0.112. The molecule has 0 aromatic heterocycles. The summed E-state index contributed by atoms with van der Waals surface area (Å²) in [5, 5.41) is 2.98. The Morgan fingerprint density at radius 1 is 1.13 bits per heavy atom. The number of rotatable bonds is 0. The van der Waals surface area contributed by atoms with Crippen LogP contribution in [0.3, 0.4) is 0 Å². The molecule has 1 aliphatic heterocycles. The van der Waals surface area contributed by atoms with Gasteiger partial charge in [0.15, 0.2) is 0 Å². The van der Waals surface area contributed by atoms with Crippen LogP contribution in [0.4, 0.5) is 5.69 Å². The third kappa shape index (κ3) is 2.13. The van der Waals surface area contributed by atoms with Crippen LogP contribution in [-0.2, 0) is 4.79 Å². The van der Waals surface area contributed by atoms with Gasteiger partial charge in [0.2, 0.25) is 0 Å². The van der Waals surface area contributed by atoms with Gasteiger partial charge in [-0.2, -0.15) is 0 Å². The summed E-state index contributed by atoms with van der Waals surface area (Å²) in [6.45, 7) is 4.00. The van der Waals surface area contributed by atoms with Crippen LogP contribution in [0.5, 0.6) is 0 Å². The molecule has 1 aromatic carbocycles. The first-order valence-electron chi connectivity index (χ1n) is 4.44. The Labute approximate surface area is 97.4 Å². The number of hydrogen-bond acceptors (Lipinski definition) is 2. The Kier molecular flexibility index (Phi) is 3.72. The minimum atomic E-state index is -0.667. The maximum atomic E-state index is 11.2. The first-order valence-corrected chi connectivity index (χ1v) is 5.20. The average molecular weight is 246 g/mol. The van der Waals surface area contributed by atoms with Crippen LogP contribution < -0.4 is 5.32 Å². The van der Waals surface area contributed by atoms with E-state index in [1.165, 1.54) is 12.1 Å². The van der Waals surface area contributed by atoms with E-state index in [2.05, 4.69) is 5.32 Å². The highest BCUT2D eigenvalue weighted by molar-refractivity contribution is 6.54. The molecule has 1 N–H and O–H groups in total. The Morgan fingerprint density at radius 2 is 1.73 bits per heavy atom. The number of benzene rings is 1. The first kappa shape index (κ1) is 12.0. The zero-order chi connectivity index (χ0) is 11.6. The Hall–Kier alpha value is -1.06. The van der Waals surface area contributed by atoms with Crippen LogP contribution in [0.25, 0.3) is 0 Å². The van der Waals surface area contributed by atoms with Crippen LogP contribution in [0.1, 0.15) is 24.2 Å². The summed E-state index contributed by atoms with van der Waals surface area (Å²) < 4.78 is 0. The molecule has 0 atom stereocenters. The van der Waals surface area contributed by atoms with Crippen LogP contribution in [-0.4, -0.2) is 11.7 Å². The largest absolute Gasteiger partial charge is 0.317 e. The van der Waals surface area contributed by atoms with Crippen molar-refractivity contribution < 1.29 is 9.59 Å². The summed E-state index contributed by atoms with van der Waals surface area (Å²) in [6, 6.07) is 2.89. The predicted molar refractivity (Wildman–Crippen MR) is 60.8 cm³/mol. The second-order valence-corrected chi connectivity index (χ2v) is 3.44. The number of carbonyl (C=O) groups excluding carboxylic acids is 2. The molecule has 15 heavy (non-hydrogen) atoms. The highest BCUT2D eigenvalue weighted by Gasteiger charge is 2.29. The normalized spacial score (nSPS) is 12.8. The van der Waals surface area contributed by atoms with Crippen molar-refractivity contribution in [3.05, 3.63) is 27.7 Å². The van der Waals surface area contributed by atoms with E-state index in [-0.39, 0.29) is 10.6 Å². The van der Waals surface area contributed by atoms with Gasteiger partial charge in [-0.3, -0.25) is 9.59 Å². The van der Waals surface area contributed by atoms with Crippen LogP contribution >= 0.6 is 23.2 Å². The molecule has 80 valence electrons. The maximum absolute atomic E-state index is 11.2. The molecule has 1 heterocycles. The number of carbonyl (C=O) groups is 2. The minimum absolute atomic E-state index is 0.238. The predicted octanol–water partition coefficient (Wildman–Crippen LogP) is 3.15. The Bertz CT molecular complexity index is 430. The molecular formula is C10H9Cl2NO2. The number of nitrogens with one attached hydrogen (secondary N) is 1. The van der Waals surface area contributed by atoms with Crippen LogP contribution in [0, 0.1) is 0 Å². The molecule has 5 heteroatoms. The van der Waals surface area contributed by atoms with E-state index in [9.17, 15) is 9.59 Å². The third-order valence-electron chi connectivity index (χ3n) is 1.74. The monoisotopic (exact) mass is 245 g/mol. The molecule has 0 aliphatic carbocycles. The average Bonchev–Trinajstić information content (AvgIpc) is 2.49. The third-order valence-corrected chi connectivity index (χ3v) is 2.26. The summed E-state index contributed by atoms with van der Waals surface area (Å²) in [7, 11) is 0. The van der Waals surface area contributed by atoms with E-state index >= 15 is 0 Å². The molecule has 0 saturated carbocycles. The van der Waals surface area contributed by atoms with Gasteiger partial charge >= 0.3 is 0 Å². The number of ketones is 1. The second kappa shape index (κ2) is 4.64.